The minimum Gasteiger partial charge on any atom is -0.489 e. The lowest BCUT2D eigenvalue weighted by atomic mass is 10.0. The first-order chi connectivity index (χ1) is 27.7. The maximum absolute atomic E-state index is 11.6. The van der Waals surface area contributed by atoms with Crippen molar-refractivity contribution in [3.8, 4) is 28.7 Å². The lowest BCUT2D eigenvalue weighted by Gasteiger charge is -2.18. The van der Waals surface area contributed by atoms with E-state index in [0.717, 1.165) is 47.1 Å². The number of halogens is 2. The van der Waals surface area contributed by atoms with E-state index in [1.165, 1.54) is 11.8 Å². The number of nitrogens with zero attached hydrogens (tertiary/aromatic N) is 5. The largest absolute Gasteiger partial charge is 0.489 e. The molecule has 4 aromatic carbocycles. The first kappa shape index (κ1) is 39.7. The summed E-state index contributed by atoms with van der Waals surface area (Å²) in [4.78, 5) is 17.9. The van der Waals surface area contributed by atoms with Gasteiger partial charge in [-0.1, -0.05) is 71.7 Å². The third kappa shape index (κ3) is 9.55. The first-order valence-electron chi connectivity index (χ1n) is 18.4. The van der Waals surface area contributed by atoms with Crippen LogP contribution in [0.5, 0.6) is 11.5 Å². The number of likely N-dealkylation sites (tertiary alicyclic amines) is 1. The summed E-state index contributed by atoms with van der Waals surface area (Å²) in [6.07, 6.45) is 5.43. The number of nitrogens with one attached hydrogen (secondary N) is 1. The molecule has 0 amide bonds. The molecule has 1 fully saturated rings. The van der Waals surface area contributed by atoms with Crippen molar-refractivity contribution >= 4 is 40.1 Å². The lowest BCUT2D eigenvalue weighted by Crippen LogP contribution is -2.39. The molecule has 2 aromatic heterocycles. The fraction of sp³-hybridized carbons (Fsp3) is 0.256. The van der Waals surface area contributed by atoms with Crippen LogP contribution in [-0.2, 0) is 37.6 Å². The predicted octanol–water partition coefficient (Wildman–Crippen LogP) is 6.58. The molecule has 3 heterocycles. The summed E-state index contributed by atoms with van der Waals surface area (Å²) < 4.78 is 14.3. The summed E-state index contributed by atoms with van der Waals surface area (Å²) in [6.45, 7) is 2.60. The fourth-order valence-electron chi connectivity index (χ4n) is 6.85. The molecule has 1 saturated heterocycles. The molecule has 0 spiro atoms. The number of rotatable bonds is 16. The van der Waals surface area contributed by atoms with Gasteiger partial charge in [-0.25, -0.2) is 0 Å². The Morgan fingerprint density at radius 1 is 0.912 bits per heavy atom. The molecule has 0 bridgehead atoms. The molecule has 4 N–H and O–H groups in total. The Hall–Kier alpha value is -5.52. The number of β-amino-alcohol motifs (C(OH)–C–C–N with tert-alkyl or cyclic N) is 1. The van der Waals surface area contributed by atoms with Gasteiger partial charge in [0.15, 0.2) is 0 Å². The van der Waals surface area contributed by atoms with E-state index in [9.17, 15) is 25.4 Å². The smallest absolute Gasteiger partial charge is 0.323 e. The van der Waals surface area contributed by atoms with Gasteiger partial charge in [0.25, 0.3) is 0 Å². The number of carbonyl (C=O) groups is 1. The average Bonchev–Trinajstić information content (AvgIpc) is 3.83. The van der Waals surface area contributed by atoms with Gasteiger partial charge >= 0.3 is 5.97 Å². The van der Waals surface area contributed by atoms with Crippen LogP contribution in [-0.4, -0.2) is 72.8 Å². The number of hydrogen-bond donors (Lipinski definition) is 4. The Balaban J connectivity index is 1.10. The monoisotopic (exact) mass is 806 g/mol. The molecule has 57 heavy (non-hydrogen) atoms. The number of aliphatic carboxylic acids is 1. The highest BCUT2D eigenvalue weighted by Gasteiger charge is 2.21. The molecule has 1 unspecified atom stereocenters. The van der Waals surface area contributed by atoms with Crippen molar-refractivity contribution in [3.05, 3.63) is 141 Å². The number of pyridine rings is 1. The van der Waals surface area contributed by atoms with Crippen LogP contribution in [0.1, 0.15) is 39.8 Å². The molecular weight excluding hydrogens is 767 g/mol. The molecule has 1 aliphatic rings. The predicted molar refractivity (Wildman–Crippen MR) is 216 cm³/mol. The molecule has 2 atom stereocenters. The number of hydrogen-bond acceptors (Lipinski definition) is 10. The first-order valence-corrected chi connectivity index (χ1v) is 19.1. The number of aromatic nitrogens is 3. The Labute approximate surface area is 339 Å². The molecule has 0 saturated carbocycles. The number of fused-ring (bicyclic) bond motifs is 1. The standard InChI is InChI=1S/C43H40Cl2N6O6/c44-37-14-31(19-48-38(24-52)43(54)55)41(57-26-30-13-29(16-46)17-47-18-30)15-32(37)22-51-39-5-1-3-34(36(39)20-49-51)35-4-2-6-40(42(35)45)56-25-28-9-7-27(8-10-28)21-50-12-11-33(53)23-50/h1-10,13-15,17-18,20,33,38,48,52-53H,11-12,19,21-26H2,(H,54,55)/t33?,38-/m0/s1. The zero-order valence-corrected chi connectivity index (χ0v) is 32.3. The van der Waals surface area contributed by atoms with Crippen LogP contribution in [0, 0.1) is 11.3 Å². The van der Waals surface area contributed by atoms with Crippen LogP contribution in [0.4, 0.5) is 0 Å². The molecule has 7 rings (SSSR count). The summed E-state index contributed by atoms with van der Waals surface area (Å²) >= 11 is 13.9. The SMILES string of the molecule is N#Cc1cncc(COc2cc(Cn3ncc4c(-c5cccc(OCc6ccc(CN7CCC(O)C7)cc6)c5Cl)cccc43)c(Cl)cc2CN[C@@H](CO)C(=O)O)c1. The van der Waals surface area contributed by atoms with Crippen molar-refractivity contribution in [2.75, 3.05) is 19.7 Å². The Morgan fingerprint density at radius 3 is 2.42 bits per heavy atom. The van der Waals surface area contributed by atoms with Gasteiger partial charge in [0, 0.05) is 65.7 Å². The van der Waals surface area contributed by atoms with Crippen LogP contribution in [0.25, 0.3) is 22.0 Å². The highest BCUT2D eigenvalue weighted by molar-refractivity contribution is 6.35. The van der Waals surface area contributed by atoms with Crippen molar-refractivity contribution in [1.82, 2.24) is 25.0 Å². The van der Waals surface area contributed by atoms with Gasteiger partial charge in [-0.3, -0.25) is 24.7 Å². The van der Waals surface area contributed by atoms with E-state index in [1.807, 2.05) is 41.1 Å². The Bertz CT molecular complexity index is 2420. The van der Waals surface area contributed by atoms with Gasteiger partial charge < -0.3 is 24.8 Å². The molecule has 0 aliphatic carbocycles. The summed E-state index contributed by atoms with van der Waals surface area (Å²) in [7, 11) is 0. The minimum atomic E-state index is -1.19. The number of carboxylic acid groups (broad SMARTS) is 1. The van der Waals surface area contributed by atoms with E-state index in [4.69, 9.17) is 37.8 Å². The van der Waals surface area contributed by atoms with Crippen molar-refractivity contribution in [3.63, 3.8) is 0 Å². The molecule has 12 nitrogen and oxygen atoms in total. The van der Waals surface area contributed by atoms with Gasteiger partial charge in [-0.15, -0.1) is 0 Å². The van der Waals surface area contributed by atoms with Crippen molar-refractivity contribution < 1.29 is 29.6 Å². The minimum absolute atomic E-state index is 0.0541. The van der Waals surface area contributed by atoms with E-state index in [-0.39, 0.29) is 25.8 Å². The summed E-state index contributed by atoms with van der Waals surface area (Å²) in [5.41, 5.74) is 7.06. The number of aliphatic hydroxyl groups excluding tert-OH is 2. The third-order valence-corrected chi connectivity index (χ3v) is 10.6. The van der Waals surface area contributed by atoms with Crippen LogP contribution in [0.15, 0.2) is 97.5 Å². The van der Waals surface area contributed by atoms with E-state index < -0.39 is 18.6 Å². The van der Waals surface area contributed by atoms with E-state index in [0.29, 0.717) is 56.9 Å². The van der Waals surface area contributed by atoms with E-state index >= 15 is 0 Å². The maximum Gasteiger partial charge on any atom is 0.323 e. The number of ether oxygens (including phenoxy) is 2. The third-order valence-electron chi connectivity index (χ3n) is 9.90. The summed E-state index contributed by atoms with van der Waals surface area (Å²) in [5.74, 6) is -0.192. The zero-order chi connectivity index (χ0) is 39.9. The molecule has 0 radical (unpaired) electrons. The van der Waals surface area contributed by atoms with E-state index in [2.05, 4.69) is 45.5 Å². The molecule has 14 heteroatoms. The fourth-order valence-corrected chi connectivity index (χ4v) is 7.38. The second-order valence-corrected chi connectivity index (χ2v) is 14.7. The van der Waals surface area contributed by atoms with Crippen LogP contribution >= 0.6 is 23.2 Å². The normalized spacial score (nSPS) is 14.8. The van der Waals surface area contributed by atoms with Crippen molar-refractivity contribution in [2.24, 2.45) is 0 Å². The number of aliphatic hydroxyl groups is 2. The van der Waals surface area contributed by atoms with E-state index in [1.54, 1.807) is 30.6 Å². The average molecular weight is 808 g/mol. The summed E-state index contributed by atoms with van der Waals surface area (Å²) in [5, 5.41) is 47.5. The number of carboxylic acids is 1. The van der Waals surface area contributed by atoms with Gasteiger partial charge in [-0.05, 0) is 59.0 Å². The van der Waals surface area contributed by atoms with Gasteiger partial charge in [0.05, 0.1) is 41.6 Å². The highest BCUT2D eigenvalue weighted by atomic mass is 35.5. The maximum atomic E-state index is 11.6. The van der Waals surface area contributed by atoms with Crippen molar-refractivity contribution in [2.45, 2.75) is 51.4 Å². The molecule has 1 aliphatic heterocycles. The van der Waals surface area contributed by atoms with Gasteiger partial charge in [0.2, 0.25) is 0 Å². The second kappa shape index (κ2) is 18.2. The topological polar surface area (TPSA) is 166 Å². The zero-order valence-electron chi connectivity index (χ0n) is 30.8. The van der Waals surface area contributed by atoms with Crippen LogP contribution in [0.3, 0.4) is 0 Å². The second-order valence-electron chi connectivity index (χ2n) is 13.9. The molecular formula is C43H40Cl2N6O6. The highest BCUT2D eigenvalue weighted by Crippen LogP contribution is 2.39. The quantitative estimate of drug-likeness (QED) is 0.0835. The van der Waals surface area contributed by atoms with Gasteiger partial charge in [-0.2, -0.15) is 10.4 Å². The van der Waals surface area contributed by atoms with Gasteiger partial charge in [0.1, 0.15) is 36.8 Å². The van der Waals surface area contributed by atoms with Crippen LogP contribution < -0.4 is 14.8 Å². The number of nitriles is 1. The summed E-state index contributed by atoms with van der Waals surface area (Å²) in [6, 6.07) is 26.0. The van der Waals surface area contributed by atoms with Crippen molar-refractivity contribution in [1.29, 1.82) is 5.26 Å². The molecule has 6 aromatic rings. The lowest BCUT2D eigenvalue weighted by molar-refractivity contribution is -0.140. The Morgan fingerprint density at radius 2 is 1.67 bits per heavy atom. The molecule has 292 valence electrons. The Kier molecular flexibility index (Phi) is 12.7. The number of benzene rings is 4. The van der Waals surface area contributed by atoms with Crippen LogP contribution in [0.2, 0.25) is 10.0 Å².